The standard InChI is InChI=1S/C16H11ClFN7O/c1-7-2-13(25-24-7)22-14-10(17)6-20-16(23-14)21-12-4-9-8(3-11(12)18)5-19-15(9)26/h2-6H,1H3,(H3,20,21,22,23,24,25). The Bertz CT molecular complexity index is 1060. The lowest BCUT2D eigenvalue weighted by atomic mass is 10.1. The first-order valence-electron chi connectivity index (χ1n) is 7.50. The van der Waals surface area contributed by atoms with E-state index in [2.05, 4.69) is 35.8 Å². The number of nitrogens with one attached hydrogen (secondary N) is 3. The summed E-state index contributed by atoms with van der Waals surface area (Å²) in [5.74, 6) is -0.0382. The van der Waals surface area contributed by atoms with Gasteiger partial charge in [0, 0.05) is 23.5 Å². The lowest BCUT2D eigenvalue weighted by molar-refractivity contribution is 0.101. The van der Waals surface area contributed by atoms with Crippen LogP contribution in [0, 0.1) is 12.7 Å². The van der Waals surface area contributed by atoms with Gasteiger partial charge in [0.2, 0.25) is 5.95 Å². The number of hydrogen-bond acceptors (Lipinski definition) is 6. The summed E-state index contributed by atoms with van der Waals surface area (Å²) < 4.78 is 14.2. The molecule has 0 fully saturated rings. The van der Waals surface area contributed by atoms with Crippen LogP contribution in [-0.2, 0) is 0 Å². The molecule has 130 valence electrons. The van der Waals surface area contributed by atoms with Crippen molar-refractivity contribution in [2.24, 2.45) is 4.99 Å². The third kappa shape index (κ3) is 3.00. The number of aromatic amines is 1. The van der Waals surface area contributed by atoms with Crippen LogP contribution in [-0.4, -0.2) is 32.3 Å². The number of amides is 1. The number of aliphatic imine (C=N–C) groups is 1. The fraction of sp³-hybridized carbons (Fsp3) is 0.0625. The van der Waals surface area contributed by atoms with Crippen molar-refractivity contribution in [2.45, 2.75) is 6.92 Å². The fourth-order valence-electron chi connectivity index (χ4n) is 2.41. The average molecular weight is 372 g/mol. The minimum absolute atomic E-state index is 0.0616. The van der Waals surface area contributed by atoms with E-state index in [1.54, 1.807) is 6.07 Å². The first-order chi connectivity index (χ1) is 12.5. The number of rotatable bonds is 4. The zero-order valence-electron chi connectivity index (χ0n) is 13.3. The maximum Gasteiger partial charge on any atom is 0.277 e. The predicted molar refractivity (Wildman–Crippen MR) is 95.3 cm³/mol. The molecule has 0 saturated carbocycles. The summed E-state index contributed by atoms with van der Waals surface area (Å²) in [5.41, 5.74) is 1.68. The van der Waals surface area contributed by atoms with E-state index in [4.69, 9.17) is 11.6 Å². The summed E-state index contributed by atoms with van der Waals surface area (Å²) in [4.78, 5) is 23.6. The van der Waals surface area contributed by atoms with Crippen molar-refractivity contribution in [3.05, 3.63) is 52.1 Å². The Hall–Kier alpha value is -3.33. The molecule has 0 spiro atoms. The van der Waals surface area contributed by atoms with Crippen molar-refractivity contribution < 1.29 is 9.18 Å². The van der Waals surface area contributed by atoms with Crippen LogP contribution in [0.2, 0.25) is 5.02 Å². The maximum absolute atomic E-state index is 14.2. The van der Waals surface area contributed by atoms with Crippen LogP contribution >= 0.6 is 11.6 Å². The van der Waals surface area contributed by atoms with Crippen molar-refractivity contribution in [2.75, 3.05) is 10.6 Å². The van der Waals surface area contributed by atoms with E-state index in [1.165, 1.54) is 24.5 Å². The van der Waals surface area contributed by atoms with Crippen LogP contribution in [0.15, 0.2) is 29.4 Å². The van der Waals surface area contributed by atoms with Gasteiger partial charge in [0.25, 0.3) is 5.91 Å². The summed E-state index contributed by atoms with van der Waals surface area (Å²) in [6.07, 6.45) is 2.70. The van der Waals surface area contributed by atoms with Crippen LogP contribution < -0.4 is 10.6 Å². The molecule has 1 aliphatic heterocycles. The molecule has 0 unspecified atom stereocenters. The van der Waals surface area contributed by atoms with Gasteiger partial charge in [-0.05, 0) is 19.1 Å². The molecule has 2 aromatic heterocycles. The second-order valence-corrected chi connectivity index (χ2v) is 5.97. The predicted octanol–water partition coefficient (Wildman–Crippen LogP) is 3.36. The van der Waals surface area contributed by atoms with Crippen LogP contribution in [0.4, 0.5) is 27.7 Å². The monoisotopic (exact) mass is 371 g/mol. The highest BCUT2D eigenvalue weighted by atomic mass is 35.5. The number of anilines is 4. The van der Waals surface area contributed by atoms with Gasteiger partial charge in [-0.15, -0.1) is 0 Å². The summed E-state index contributed by atoms with van der Waals surface area (Å²) in [7, 11) is 0. The molecule has 0 atom stereocenters. The number of carbonyl (C=O) groups excluding carboxylic acids is 1. The number of halogens is 2. The largest absolute Gasteiger partial charge is 0.322 e. The highest BCUT2D eigenvalue weighted by Crippen LogP contribution is 2.27. The van der Waals surface area contributed by atoms with Gasteiger partial charge in [0.1, 0.15) is 10.8 Å². The molecular weight excluding hydrogens is 361 g/mol. The zero-order chi connectivity index (χ0) is 18.3. The van der Waals surface area contributed by atoms with Crippen molar-refractivity contribution in [3.63, 3.8) is 0 Å². The van der Waals surface area contributed by atoms with Gasteiger partial charge in [-0.3, -0.25) is 9.89 Å². The van der Waals surface area contributed by atoms with E-state index in [-0.39, 0.29) is 16.7 Å². The Labute approximate surface area is 151 Å². The molecule has 0 saturated heterocycles. The average Bonchev–Trinajstić information content (AvgIpc) is 3.17. The fourth-order valence-corrected chi connectivity index (χ4v) is 2.55. The molecule has 3 heterocycles. The zero-order valence-corrected chi connectivity index (χ0v) is 14.1. The smallest absolute Gasteiger partial charge is 0.277 e. The highest BCUT2D eigenvalue weighted by Gasteiger charge is 2.19. The van der Waals surface area contributed by atoms with Crippen molar-refractivity contribution in [1.82, 2.24) is 20.2 Å². The van der Waals surface area contributed by atoms with Gasteiger partial charge in [0.05, 0.1) is 17.4 Å². The number of benzene rings is 1. The molecule has 10 heteroatoms. The first-order valence-corrected chi connectivity index (χ1v) is 7.88. The van der Waals surface area contributed by atoms with E-state index in [0.29, 0.717) is 22.8 Å². The van der Waals surface area contributed by atoms with E-state index in [0.717, 1.165) is 5.69 Å². The quantitative estimate of drug-likeness (QED) is 0.649. The summed E-state index contributed by atoms with van der Waals surface area (Å²) in [6, 6.07) is 4.38. The molecule has 0 aliphatic carbocycles. The molecular formula is C16H11ClFN7O. The minimum atomic E-state index is -0.555. The van der Waals surface area contributed by atoms with Crippen molar-refractivity contribution >= 4 is 47.0 Å². The number of H-pyrrole nitrogens is 1. The molecule has 0 bridgehead atoms. The van der Waals surface area contributed by atoms with Gasteiger partial charge >= 0.3 is 0 Å². The molecule has 1 aliphatic rings. The number of aromatic nitrogens is 4. The van der Waals surface area contributed by atoms with Gasteiger partial charge in [-0.1, -0.05) is 11.6 Å². The molecule has 4 rings (SSSR count). The Morgan fingerprint density at radius 3 is 2.85 bits per heavy atom. The molecule has 3 N–H and O–H groups in total. The van der Waals surface area contributed by atoms with Crippen molar-refractivity contribution in [3.8, 4) is 0 Å². The Morgan fingerprint density at radius 2 is 2.08 bits per heavy atom. The second-order valence-electron chi connectivity index (χ2n) is 5.56. The number of fused-ring (bicyclic) bond motifs is 1. The molecule has 1 aromatic carbocycles. The third-order valence-corrected chi connectivity index (χ3v) is 3.91. The molecule has 1 amide bonds. The van der Waals surface area contributed by atoms with E-state index < -0.39 is 11.7 Å². The molecule has 0 radical (unpaired) electrons. The summed E-state index contributed by atoms with van der Waals surface area (Å²) in [5, 5.41) is 12.8. The van der Waals surface area contributed by atoms with Gasteiger partial charge < -0.3 is 10.6 Å². The Balaban J connectivity index is 1.62. The summed E-state index contributed by atoms with van der Waals surface area (Å²) in [6.45, 7) is 1.86. The molecule has 3 aromatic rings. The number of aryl methyl sites for hydroxylation is 1. The number of carbonyl (C=O) groups is 1. The van der Waals surface area contributed by atoms with Gasteiger partial charge in [0.15, 0.2) is 11.6 Å². The van der Waals surface area contributed by atoms with Gasteiger partial charge in [-0.2, -0.15) is 10.1 Å². The van der Waals surface area contributed by atoms with E-state index >= 15 is 0 Å². The summed E-state index contributed by atoms with van der Waals surface area (Å²) >= 11 is 6.09. The topological polar surface area (TPSA) is 108 Å². The first kappa shape index (κ1) is 16.2. The highest BCUT2D eigenvalue weighted by molar-refractivity contribution is 6.32. The Kier molecular flexibility index (Phi) is 3.85. The van der Waals surface area contributed by atoms with Gasteiger partial charge in [-0.25, -0.2) is 14.4 Å². The van der Waals surface area contributed by atoms with Crippen LogP contribution in [0.5, 0.6) is 0 Å². The minimum Gasteiger partial charge on any atom is -0.322 e. The molecule has 26 heavy (non-hydrogen) atoms. The van der Waals surface area contributed by atoms with Crippen molar-refractivity contribution in [1.29, 1.82) is 0 Å². The SMILES string of the molecule is Cc1cc(Nc2nc(Nc3cc4c(cc3F)C=NC4=O)ncc2Cl)n[nH]1. The number of nitrogens with zero attached hydrogens (tertiary/aromatic N) is 4. The number of hydrogen-bond donors (Lipinski definition) is 3. The lowest BCUT2D eigenvalue weighted by Gasteiger charge is -2.10. The third-order valence-electron chi connectivity index (χ3n) is 3.63. The lowest BCUT2D eigenvalue weighted by Crippen LogP contribution is -2.04. The van der Waals surface area contributed by atoms with E-state index in [1.807, 2.05) is 6.92 Å². The van der Waals surface area contributed by atoms with Crippen LogP contribution in [0.1, 0.15) is 21.6 Å². The second kappa shape index (κ2) is 6.19. The van der Waals surface area contributed by atoms with Crippen LogP contribution in [0.3, 0.4) is 0 Å². The normalized spacial score (nSPS) is 12.3. The van der Waals surface area contributed by atoms with E-state index in [9.17, 15) is 9.18 Å². The molecule has 8 nitrogen and oxygen atoms in total. The van der Waals surface area contributed by atoms with Crippen LogP contribution in [0.25, 0.3) is 0 Å². The maximum atomic E-state index is 14.2. The Morgan fingerprint density at radius 1 is 1.23 bits per heavy atom.